The van der Waals surface area contributed by atoms with Crippen LogP contribution >= 0.6 is 0 Å². The maximum atomic E-state index is 12.5. The first-order valence-electron chi connectivity index (χ1n) is 5.52. The number of aliphatic hydroxyl groups excluding tert-OH is 1. The van der Waals surface area contributed by atoms with Gasteiger partial charge < -0.3 is 9.84 Å². The van der Waals surface area contributed by atoms with Gasteiger partial charge in [-0.1, -0.05) is 25.7 Å². The number of carbonyl (C=O) groups is 1. The van der Waals surface area contributed by atoms with Crippen LogP contribution in [0.15, 0.2) is 0 Å². The van der Waals surface area contributed by atoms with Gasteiger partial charge in [-0.25, -0.2) is 4.39 Å². The van der Waals surface area contributed by atoms with Crippen molar-refractivity contribution in [1.29, 1.82) is 0 Å². The smallest absolute Gasteiger partial charge is 0.305 e. The summed E-state index contributed by atoms with van der Waals surface area (Å²) in [6.45, 7) is -0.373. The first-order chi connectivity index (χ1) is 7.20. The number of esters is 1. The molecule has 3 nitrogen and oxygen atoms in total. The molecule has 0 aliphatic carbocycles. The quantitative estimate of drug-likeness (QED) is 0.478. The minimum Gasteiger partial charge on any atom is -0.469 e. The third kappa shape index (κ3) is 9.66. The SMILES string of the molecule is COC(=O)CCCCCCCC(F)CO. The minimum absolute atomic E-state index is 0.167. The Hall–Kier alpha value is -0.640. The normalized spacial score (nSPS) is 12.5. The molecule has 0 aromatic rings. The number of alkyl halides is 1. The van der Waals surface area contributed by atoms with Crippen molar-refractivity contribution in [3.05, 3.63) is 0 Å². The molecule has 4 heteroatoms. The van der Waals surface area contributed by atoms with Gasteiger partial charge in [-0.2, -0.15) is 0 Å². The lowest BCUT2D eigenvalue weighted by Crippen LogP contribution is -2.05. The number of rotatable bonds is 9. The topological polar surface area (TPSA) is 46.5 Å². The molecule has 1 unspecified atom stereocenters. The highest BCUT2D eigenvalue weighted by Crippen LogP contribution is 2.10. The van der Waals surface area contributed by atoms with E-state index in [0.29, 0.717) is 12.8 Å². The average Bonchev–Trinajstić information content (AvgIpc) is 2.26. The summed E-state index contributed by atoms with van der Waals surface area (Å²) in [7, 11) is 1.39. The van der Waals surface area contributed by atoms with Crippen molar-refractivity contribution in [3.8, 4) is 0 Å². The van der Waals surface area contributed by atoms with E-state index >= 15 is 0 Å². The number of ether oxygens (including phenoxy) is 1. The molecule has 0 aromatic heterocycles. The number of hydrogen-bond donors (Lipinski definition) is 1. The van der Waals surface area contributed by atoms with Gasteiger partial charge >= 0.3 is 5.97 Å². The van der Waals surface area contributed by atoms with Crippen LogP contribution in [0.3, 0.4) is 0 Å². The zero-order chi connectivity index (χ0) is 11.5. The Bertz CT molecular complexity index is 162. The first kappa shape index (κ1) is 14.4. The summed E-state index contributed by atoms with van der Waals surface area (Å²) in [6, 6.07) is 0. The largest absolute Gasteiger partial charge is 0.469 e. The highest BCUT2D eigenvalue weighted by molar-refractivity contribution is 5.68. The van der Waals surface area contributed by atoms with E-state index in [9.17, 15) is 9.18 Å². The van der Waals surface area contributed by atoms with Crippen molar-refractivity contribution in [2.45, 2.75) is 51.1 Å². The van der Waals surface area contributed by atoms with E-state index < -0.39 is 6.17 Å². The highest BCUT2D eigenvalue weighted by Gasteiger charge is 2.03. The molecule has 15 heavy (non-hydrogen) atoms. The molecule has 0 aliphatic rings. The Balaban J connectivity index is 3.08. The van der Waals surface area contributed by atoms with E-state index in [1.54, 1.807) is 0 Å². The van der Waals surface area contributed by atoms with E-state index in [0.717, 1.165) is 32.1 Å². The highest BCUT2D eigenvalue weighted by atomic mass is 19.1. The fraction of sp³-hybridized carbons (Fsp3) is 0.909. The van der Waals surface area contributed by atoms with E-state index in [1.165, 1.54) is 7.11 Å². The van der Waals surface area contributed by atoms with E-state index in [4.69, 9.17) is 5.11 Å². The van der Waals surface area contributed by atoms with E-state index in [-0.39, 0.29) is 12.6 Å². The third-order valence-corrected chi connectivity index (χ3v) is 2.32. The van der Waals surface area contributed by atoms with Gasteiger partial charge in [0.15, 0.2) is 0 Å². The van der Waals surface area contributed by atoms with Crippen molar-refractivity contribution in [2.75, 3.05) is 13.7 Å². The molecule has 90 valence electrons. The summed E-state index contributed by atoms with van der Waals surface area (Å²) in [5.41, 5.74) is 0. The van der Waals surface area contributed by atoms with E-state index in [1.807, 2.05) is 0 Å². The van der Waals surface area contributed by atoms with Gasteiger partial charge in [0.2, 0.25) is 0 Å². The van der Waals surface area contributed by atoms with Crippen molar-refractivity contribution in [1.82, 2.24) is 0 Å². The van der Waals surface area contributed by atoms with Crippen LogP contribution in [0.4, 0.5) is 4.39 Å². The van der Waals surface area contributed by atoms with Crippen LogP contribution in [0.25, 0.3) is 0 Å². The predicted molar refractivity (Wildman–Crippen MR) is 56.3 cm³/mol. The van der Waals surface area contributed by atoms with Gasteiger partial charge in [0.25, 0.3) is 0 Å². The zero-order valence-corrected chi connectivity index (χ0v) is 9.38. The fourth-order valence-corrected chi connectivity index (χ4v) is 1.36. The van der Waals surface area contributed by atoms with Crippen LogP contribution in [0.1, 0.15) is 44.9 Å². The van der Waals surface area contributed by atoms with Crippen molar-refractivity contribution in [2.24, 2.45) is 0 Å². The second-order valence-electron chi connectivity index (χ2n) is 3.66. The van der Waals surface area contributed by atoms with Crippen LogP contribution in [0.5, 0.6) is 0 Å². The Morgan fingerprint density at radius 1 is 1.27 bits per heavy atom. The maximum absolute atomic E-state index is 12.5. The lowest BCUT2D eigenvalue weighted by molar-refractivity contribution is -0.140. The van der Waals surface area contributed by atoms with Crippen LogP contribution in [-0.4, -0.2) is 31.0 Å². The second-order valence-corrected chi connectivity index (χ2v) is 3.66. The molecule has 0 amide bonds. The summed E-state index contributed by atoms with van der Waals surface area (Å²) in [5.74, 6) is -0.167. The lowest BCUT2D eigenvalue weighted by Gasteiger charge is -2.04. The van der Waals surface area contributed by atoms with Crippen molar-refractivity contribution < 1.29 is 19.0 Å². The summed E-state index contributed by atoms with van der Waals surface area (Å²) in [5, 5.41) is 8.44. The zero-order valence-electron chi connectivity index (χ0n) is 9.38. The Morgan fingerprint density at radius 3 is 2.47 bits per heavy atom. The van der Waals surface area contributed by atoms with Crippen LogP contribution < -0.4 is 0 Å². The number of hydrogen-bond acceptors (Lipinski definition) is 3. The molecule has 0 bridgehead atoms. The Morgan fingerprint density at radius 2 is 1.87 bits per heavy atom. The number of aliphatic hydroxyl groups is 1. The number of carbonyl (C=O) groups excluding carboxylic acids is 1. The standard InChI is InChI=1S/C11H21FO3/c1-15-11(14)8-6-4-2-3-5-7-10(12)9-13/h10,13H,2-9H2,1H3. The molecule has 1 N–H and O–H groups in total. The van der Waals surface area contributed by atoms with Gasteiger partial charge in [-0.15, -0.1) is 0 Å². The third-order valence-electron chi connectivity index (χ3n) is 2.32. The van der Waals surface area contributed by atoms with Crippen molar-refractivity contribution in [3.63, 3.8) is 0 Å². The van der Waals surface area contributed by atoms with Crippen molar-refractivity contribution >= 4 is 5.97 Å². The fourth-order valence-electron chi connectivity index (χ4n) is 1.36. The van der Waals surface area contributed by atoms with Gasteiger partial charge in [0, 0.05) is 6.42 Å². The van der Waals surface area contributed by atoms with Gasteiger partial charge in [0.1, 0.15) is 6.17 Å². The maximum Gasteiger partial charge on any atom is 0.305 e. The van der Waals surface area contributed by atoms with E-state index in [2.05, 4.69) is 4.74 Å². The summed E-state index contributed by atoms with van der Waals surface area (Å²) >= 11 is 0. The Kier molecular flexibility index (Phi) is 9.48. The minimum atomic E-state index is -1.07. The summed E-state index contributed by atoms with van der Waals surface area (Å²) < 4.78 is 17.1. The molecule has 0 spiro atoms. The molecule has 0 heterocycles. The molecule has 0 aromatic carbocycles. The van der Waals surface area contributed by atoms with Crippen LogP contribution in [0, 0.1) is 0 Å². The molecule has 1 atom stereocenters. The monoisotopic (exact) mass is 220 g/mol. The Labute approximate surface area is 90.6 Å². The average molecular weight is 220 g/mol. The predicted octanol–water partition coefficient (Wildman–Crippen LogP) is 2.22. The molecule has 0 rings (SSSR count). The summed E-state index contributed by atoms with van der Waals surface area (Å²) in [4.78, 5) is 10.7. The van der Waals surface area contributed by atoms with Crippen LogP contribution in [-0.2, 0) is 9.53 Å². The number of methoxy groups -OCH3 is 1. The van der Waals surface area contributed by atoms with Crippen LogP contribution in [0.2, 0.25) is 0 Å². The molecule has 0 aliphatic heterocycles. The number of unbranched alkanes of at least 4 members (excludes halogenated alkanes) is 4. The lowest BCUT2D eigenvalue weighted by atomic mass is 10.1. The summed E-state index contributed by atoms with van der Waals surface area (Å²) in [6.07, 6.45) is 4.43. The molecular weight excluding hydrogens is 199 g/mol. The molecule has 0 radical (unpaired) electrons. The van der Waals surface area contributed by atoms with Gasteiger partial charge in [0.05, 0.1) is 13.7 Å². The first-order valence-corrected chi connectivity index (χ1v) is 5.52. The molecule has 0 fully saturated rings. The molecule has 0 saturated heterocycles. The van der Waals surface area contributed by atoms with Gasteiger partial charge in [-0.05, 0) is 12.8 Å². The van der Waals surface area contributed by atoms with Gasteiger partial charge in [-0.3, -0.25) is 4.79 Å². The number of halogens is 1. The second kappa shape index (κ2) is 9.90. The molecule has 0 saturated carbocycles. The molecular formula is C11H21FO3.